The van der Waals surface area contributed by atoms with Gasteiger partial charge in [0.05, 0.1) is 14.2 Å². The van der Waals surface area contributed by atoms with Crippen molar-refractivity contribution in [3.63, 3.8) is 0 Å². The van der Waals surface area contributed by atoms with Gasteiger partial charge in [-0.25, -0.2) is 29.3 Å². The molecule has 8 heteroatoms. The second-order valence-electron chi connectivity index (χ2n) is 8.86. The van der Waals surface area contributed by atoms with E-state index < -0.39 is 0 Å². The second kappa shape index (κ2) is 66.5. The first-order valence-corrected chi connectivity index (χ1v) is 17.5. The Morgan fingerprint density at radius 2 is 0.815 bits per heavy atom. The average Bonchev–Trinajstić information content (AvgIpc) is 3.28. The van der Waals surface area contributed by atoms with Gasteiger partial charge in [-0.05, 0) is 32.4 Å². The molecule has 302 valence electrons. The molecule has 2 atom stereocenters. The Balaban J connectivity index is -0.000000120. The molecule has 0 heterocycles. The van der Waals surface area contributed by atoms with Crippen molar-refractivity contribution < 1.29 is 39.8 Å². The lowest BCUT2D eigenvalue weighted by Gasteiger charge is -2.03. The monoisotopic (exact) mass is 751 g/mol. The molecule has 0 saturated heterocycles. The lowest BCUT2D eigenvalue weighted by Crippen LogP contribution is -2.04. The van der Waals surface area contributed by atoms with Crippen molar-refractivity contribution >= 4 is 0 Å². The lowest BCUT2D eigenvalue weighted by atomic mass is 10.2. The molecule has 0 fully saturated rings. The van der Waals surface area contributed by atoms with E-state index >= 15 is 0 Å². The summed E-state index contributed by atoms with van der Waals surface area (Å²) in [5, 5.41) is 15.7. The highest BCUT2D eigenvalue weighted by Crippen LogP contribution is 1.98. The molecule has 4 aromatic carbocycles. The highest BCUT2D eigenvalue weighted by molar-refractivity contribution is 5.01. The Morgan fingerprint density at radius 1 is 0.556 bits per heavy atom. The van der Waals surface area contributed by atoms with Gasteiger partial charge >= 0.3 is 0 Å². The maximum absolute atomic E-state index is 7.94. The van der Waals surface area contributed by atoms with Gasteiger partial charge in [-0.15, -0.1) is 18.9 Å². The summed E-state index contributed by atoms with van der Waals surface area (Å²) in [6.07, 6.45) is 4.26. The van der Waals surface area contributed by atoms with E-state index in [0.717, 1.165) is 5.57 Å². The molecule has 2 N–H and O–H groups in total. The molecular weight excluding hydrogens is 680 g/mol. The van der Waals surface area contributed by atoms with Crippen molar-refractivity contribution in [2.75, 3.05) is 27.4 Å². The maximum atomic E-state index is 7.94. The minimum atomic E-state index is -0.245. The fourth-order valence-electron chi connectivity index (χ4n) is 1.95. The van der Waals surface area contributed by atoms with Gasteiger partial charge in [0.25, 0.3) is 0 Å². The molecule has 4 aromatic rings. The molecule has 0 spiro atoms. The normalized spacial score (nSPS) is 8.94. The smallest absolute Gasteiger partial charge is 0.110 e. The quantitative estimate of drug-likeness (QED) is 0.0544. The zero-order chi connectivity index (χ0) is 42.2. The highest BCUT2D eigenvalue weighted by Gasteiger charge is 1.97. The van der Waals surface area contributed by atoms with Gasteiger partial charge in [0.1, 0.15) is 25.4 Å². The van der Waals surface area contributed by atoms with E-state index in [1.807, 2.05) is 173 Å². The fourth-order valence-corrected chi connectivity index (χ4v) is 1.95. The maximum Gasteiger partial charge on any atom is 0.110 e. The van der Waals surface area contributed by atoms with Crippen LogP contribution >= 0.6 is 0 Å². The van der Waals surface area contributed by atoms with Crippen molar-refractivity contribution in [2.24, 2.45) is 0 Å². The predicted molar refractivity (Wildman–Crippen MR) is 230 cm³/mol. The molecule has 4 rings (SSSR count). The molecule has 0 aliphatic rings. The van der Waals surface area contributed by atoms with E-state index in [4.69, 9.17) is 10.5 Å². The van der Waals surface area contributed by atoms with E-state index in [0.29, 0.717) is 13.2 Å². The molecule has 0 saturated carbocycles. The molecule has 0 aromatic heterocycles. The van der Waals surface area contributed by atoms with Gasteiger partial charge in [0.15, 0.2) is 0 Å². The molecule has 0 aliphatic carbocycles. The first-order chi connectivity index (χ1) is 26.3. The Kier molecular flexibility index (Phi) is 75.6. The number of hydrogen-bond donors (Lipinski definition) is 2. The van der Waals surface area contributed by atoms with Gasteiger partial charge in [-0.2, -0.15) is 0 Å². The predicted octanol–water partition coefficient (Wildman–Crippen LogP) is 12.9. The van der Waals surface area contributed by atoms with E-state index in [1.54, 1.807) is 32.9 Å². The molecule has 0 radical (unpaired) electrons. The summed E-state index contributed by atoms with van der Waals surface area (Å²) in [6, 6.07) is 48.0. The van der Waals surface area contributed by atoms with Crippen LogP contribution in [0.3, 0.4) is 0 Å². The largest absolute Gasteiger partial charge is 0.251 e. The van der Waals surface area contributed by atoms with Crippen LogP contribution in [-0.2, 0) is 29.3 Å². The van der Waals surface area contributed by atoms with Crippen LogP contribution in [0.2, 0.25) is 0 Å². The molecule has 54 heavy (non-hydrogen) atoms. The zero-order valence-electron chi connectivity index (χ0n) is 34.3. The third-order valence-corrected chi connectivity index (χ3v) is 4.73. The van der Waals surface area contributed by atoms with Crippen LogP contribution in [0.1, 0.15) is 48.5 Å². The Bertz CT molecular complexity index is 956. The summed E-state index contributed by atoms with van der Waals surface area (Å²) in [5.41, 5.74) is 3.34. The SMILES string of the molecule is C=C(C)C(C)OO.C=C=CCOOC.C=CC(C)OO.C=CCOOC.CC.CC.c1ccccc1.c1ccccc1.c1ccccc1.c1ccccc1. The molecule has 8 nitrogen and oxygen atoms in total. The summed E-state index contributed by atoms with van der Waals surface area (Å²) >= 11 is 0. The first kappa shape index (κ1) is 61.3. The van der Waals surface area contributed by atoms with Crippen LogP contribution in [0.25, 0.3) is 0 Å². The van der Waals surface area contributed by atoms with Crippen LogP contribution in [0.4, 0.5) is 0 Å². The third kappa shape index (κ3) is 77.0. The number of hydrogen-bond acceptors (Lipinski definition) is 8. The number of rotatable bonds is 10. The molecule has 2 unspecified atom stereocenters. The first-order valence-electron chi connectivity index (χ1n) is 17.5. The molecular formula is C46H70O8. The Hall–Kier alpha value is -4.70. The summed E-state index contributed by atoms with van der Waals surface area (Å²) in [4.78, 5) is 24.9. The highest BCUT2D eigenvalue weighted by atomic mass is 17.2. The number of benzene rings is 4. The van der Waals surface area contributed by atoms with Crippen molar-refractivity contribution in [1.29, 1.82) is 0 Å². The minimum absolute atomic E-state index is 0.236. The van der Waals surface area contributed by atoms with Gasteiger partial charge in [0, 0.05) is 0 Å². The standard InChI is InChI=1S/4C6H6.C5H10O2.C5H8O2.2C4H8O2.2C2H6/c4*1-2-4-6-5-3-1;1-4(2)5(3)7-6;1-3-4-5-7-6-2;1-3-4-6-5-2;1-3-4(2)6-5;2*1-2/h4*1-6H;5-6H,1H2,2-3H3;4H,1,5H2,2H3;3H,1,4H2,2H3;3-5H,1H2,2H3;2*1-2H3. The molecule has 0 amide bonds. The van der Waals surface area contributed by atoms with Crippen LogP contribution in [0, 0.1) is 0 Å². The van der Waals surface area contributed by atoms with Gasteiger partial charge in [0.2, 0.25) is 0 Å². The van der Waals surface area contributed by atoms with Crippen LogP contribution in [0.5, 0.6) is 0 Å². The van der Waals surface area contributed by atoms with E-state index in [-0.39, 0.29) is 12.2 Å². The van der Waals surface area contributed by atoms with Crippen molar-refractivity contribution in [1.82, 2.24) is 0 Å². The van der Waals surface area contributed by atoms with Gasteiger partial charge in [-0.3, -0.25) is 10.5 Å². The second-order valence-corrected chi connectivity index (χ2v) is 8.86. The fraction of sp³-hybridized carbons (Fsp3) is 0.283. The van der Waals surface area contributed by atoms with Gasteiger partial charge in [-0.1, -0.05) is 199 Å². The van der Waals surface area contributed by atoms with Crippen molar-refractivity contribution in [3.8, 4) is 0 Å². The van der Waals surface area contributed by atoms with Crippen LogP contribution in [0.15, 0.2) is 201 Å². The van der Waals surface area contributed by atoms with E-state index in [2.05, 4.69) is 61.4 Å². The summed E-state index contributed by atoms with van der Waals surface area (Å²) in [6.45, 7) is 27.7. The average molecular weight is 751 g/mol. The Labute approximate surface area is 328 Å². The third-order valence-electron chi connectivity index (χ3n) is 4.73. The van der Waals surface area contributed by atoms with Crippen molar-refractivity contribution in [3.05, 3.63) is 201 Å². The topological polar surface area (TPSA) is 95.8 Å². The van der Waals surface area contributed by atoms with E-state index in [9.17, 15) is 0 Å². The Morgan fingerprint density at radius 3 is 0.907 bits per heavy atom. The summed E-state index contributed by atoms with van der Waals surface area (Å²) < 4.78 is 0. The minimum Gasteiger partial charge on any atom is -0.251 e. The van der Waals surface area contributed by atoms with Crippen molar-refractivity contribution in [2.45, 2.75) is 60.7 Å². The van der Waals surface area contributed by atoms with E-state index in [1.165, 1.54) is 20.3 Å². The lowest BCUT2D eigenvalue weighted by molar-refractivity contribution is -0.263. The zero-order valence-corrected chi connectivity index (χ0v) is 34.3. The molecule has 0 bridgehead atoms. The van der Waals surface area contributed by atoms with Gasteiger partial charge < -0.3 is 0 Å². The summed E-state index contributed by atoms with van der Waals surface area (Å²) in [7, 11) is 2.92. The molecule has 0 aliphatic heterocycles. The summed E-state index contributed by atoms with van der Waals surface area (Å²) in [5.74, 6) is 0. The van der Waals surface area contributed by atoms with Crippen LogP contribution in [-0.4, -0.2) is 50.2 Å². The van der Waals surface area contributed by atoms with Crippen LogP contribution < -0.4 is 0 Å².